The molecule has 2 amide bonds. The average Bonchev–Trinajstić information content (AvgIpc) is 2.40. The zero-order chi connectivity index (χ0) is 15.5. The van der Waals surface area contributed by atoms with Crippen molar-refractivity contribution < 1.29 is 23.8 Å². The fourth-order valence-electron chi connectivity index (χ4n) is 2.15. The van der Waals surface area contributed by atoms with E-state index in [4.69, 9.17) is 9.84 Å². The number of ether oxygens (including phenoxy) is 1. The number of carboxylic acids is 1. The number of nitrogens with one attached hydrogen (secondary N) is 2. The number of carboxylic acid groups (broad SMARTS) is 1. The lowest BCUT2D eigenvalue weighted by atomic mass is 9.93. The third kappa shape index (κ3) is 3.91. The van der Waals surface area contributed by atoms with Crippen LogP contribution in [0.3, 0.4) is 0 Å². The number of amides is 2. The molecule has 0 aromatic heterocycles. The van der Waals surface area contributed by atoms with Crippen molar-refractivity contribution in [1.29, 1.82) is 0 Å². The number of halogens is 1. The van der Waals surface area contributed by atoms with Gasteiger partial charge in [-0.2, -0.15) is 0 Å². The lowest BCUT2D eigenvalue weighted by Gasteiger charge is -2.34. The highest BCUT2D eigenvalue weighted by Crippen LogP contribution is 2.20. The number of carbonyl (C=O) groups is 2. The minimum Gasteiger partial charge on any atom is -0.478 e. The van der Waals surface area contributed by atoms with E-state index in [9.17, 15) is 14.0 Å². The van der Waals surface area contributed by atoms with Crippen molar-refractivity contribution in [3.63, 3.8) is 0 Å². The first kappa shape index (κ1) is 15.2. The van der Waals surface area contributed by atoms with E-state index in [0.29, 0.717) is 26.1 Å². The van der Waals surface area contributed by atoms with Gasteiger partial charge in [-0.25, -0.2) is 14.0 Å². The minimum absolute atomic E-state index is 0.224. The van der Waals surface area contributed by atoms with E-state index in [1.807, 2.05) is 6.92 Å². The topological polar surface area (TPSA) is 87.7 Å². The van der Waals surface area contributed by atoms with Crippen LogP contribution in [0.4, 0.5) is 14.9 Å². The molecule has 21 heavy (non-hydrogen) atoms. The van der Waals surface area contributed by atoms with E-state index in [1.165, 1.54) is 6.07 Å². The molecule has 1 aromatic carbocycles. The molecule has 1 aromatic rings. The number of rotatable bonds is 3. The van der Waals surface area contributed by atoms with Crippen molar-refractivity contribution in [2.45, 2.75) is 25.3 Å². The molecule has 0 aliphatic carbocycles. The number of urea groups is 1. The van der Waals surface area contributed by atoms with E-state index in [0.717, 1.165) is 12.1 Å². The SMILES string of the molecule is CC1(NC(=O)Nc2ccc(F)c(C(=O)O)c2)CCOCC1. The van der Waals surface area contributed by atoms with Gasteiger partial charge in [0.25, 0.3) is 0 Å². The molecule has 0 bridgehead atoms. The second-order valence-electron chi connectivity index (χ2n) is 5.25. The minimum atomic E-state index is -1.38. The first-order valence-electron chi connectivity index (χ1n) is 6.59. The summed E-state index contributed by atoms with van der Waals surface area (Å²) in [5.74, 6) is -2.22. The van der Waals surface area contributed by atoms with Gasteiger partial charge in [0.15, 0.2) is 0 Å². The number of hydrogen-bond acceptors (Lipinski definition) is 3. The summed E-state index contributed by atoms with van der Waals surface area (Å²) in [5, 5.41) is 14.2. The summed E-state index contributed by atoms with van der Waals surface area (Å²) in [6.07, 6.45) is 1.40. The lowest BCUT2D eigenvalue weighted by molar-refractivity contribution is 0.0499. The summed E-state index contributed by atoms with van der Waals surface area (Å²) in [6.45, 7) is 3.08. The van der Waals surface area contributed by atoms with E-state index in [2.05, 4.69) is 10.6 Å². The largest absolute Gasteiger partial charge is 0.478 e. The molecule has 3 N–H and O–H groups in total. The lowest BCUT2D eigenvalue weighted by Crippen LogP contribution is -2.51. The molecule has 0 saturated carbocycles. The Morgan fingerprint density at radius 1 is 1.33 bits per heavy atom. The van der Waals surface area contributed by atoms with Crippen LogP contribution in [-0.2, 0) is 4.74 Å². The molecule has 2 rings (SSSR count). The molecule has 1 fully saturated rings. The summed E-state index contributed by atoms with van der Waals surface area (Å²) in [6, 6.07) is 2.95. The van der Waals surface area contributed by atoms with Crippen LogP contribution < -0.4 is 10.6 Å². The molecule has 7 heteroatoms. The highest BCUT2D eigenvalue weighted by molar-refractivity contribution is 5.93. The summed E-state index contributed by atoms with van der Waals surface area (Å²) < 4.78 is 18.5. The number of anilines is 1. The maximum absolute atomic E-state index is 13.3. The maximum atomic E-state index is 13.3. The van der Waals surface area contributed by atoms with Gasteiger partial charge >= 0.3 is 12.0 Å². The molecule has 1 saturated heterocycles. The van der Waals surface area contributed by atoms with Crippen LogP contribution in [0.25, 0.3) is 0 Å². The fraction of sp³-hybridized carbons (Fsp3) is 0.429. The van der Waals surface area contributed by atoms with Gasteiger partial charge in [0.2, 0.25) is 0 Å². The smallest absolute Gasteiger partial charge is 0.338 e. The number of carbonyl (C=O) groups excluding carboxylic acids is 1. The van der Waals surface area contributed by atoms with Gasteiger partial charge in [-0.15, -0.1) is 0 Å². The van der Waals surface area contributed by atoms with Crippen molar-refractivity contribution in [2.75, 3.05) is 18.5 Å². The Balaban J connectivity index is 2.02. The molecule has 1 aliphatic rings. The van der Waals surface area contributed by atoms with Crippen LogP contribution in [0.2, 0.25) is 0 Å². The normalized spacial score (nSPS) is 17.0. The van der Waals surface area contributed by atoms with Crippen LogP contribution in [0.1, 0.15) is 30.1 Å². The van der Waals surface area contributed by atoms with Gasteiger partial charge in [-0.3, -0.25) is 0 Å². The van der Waals surface area contributed by atoms with Crippen LogP contribution in [-0.4, -0.2) is 35.9 Å². The second kappa shape index (κ2) is 6.09. The van der Waals surface area contributed by atoms with E-state index >= 15 is 0 Å². The molecule has 114 valence electrons. The predicted molar refractivity (Wildman–Crippen MR) is 74.0 cm³/mol. The quantitative estimate of drug-likeness (QED) is 0.798. The van der Waals surface area contributed by atoms with Gasteiger partial charge in [-0.1, -0.05) is 0 Å². The Labute approximate surface area is 121 Å². The van der Waals surface area contributed by atoms with Crippen molar-refractivity contribution in [2.24, 2.45) is 0 Å². The number of aromatic carboxylic acids is 1. The van der Waals surface area contributed by atoms with Gasteiger partial charge in [0.05, 0.1) is 5.56 Å². The first-order chi connectivity index (χ1) is 9.89. The van der Waals surface area contributed by atoms with Gasteiger partial charge in [-0.05, 0) is 38.0 Å². The highest BCUT2D eigenvalue weighted by Gasteiger charge is 2.29. The second-order valence-corrected chi connectivity index (χ2v) is 5.25. The Kier molecular flexibility index (Phi) is 4.42. The Morgan fingerprint density at radius 2 is 2.00 bits per heavy atom. The van der Waals surface area contributed by atoms with Crippen LogP contribution >= 0.6 is 0 Å². The summed E-state index contributed by atoms with van der Waals surface area (Å²) in [7, 11) is 0. The summed E-state index contributed by atoms with van der Waals surface area (Å²) in [5.41, 5.74) is -0.620. The number of hydrogen-bond donors (Lipinski definition) is 3. The number of benzene rings is 1. The average molecular weight is 296 g/mol. The zero-order valence-corrected chi connectivity index (χ0v) is 11.6. The molecule has 1 heterocycles. The molecule has 0 atom stereocenters. The Bertz CT molecular complexity index is 556. The molecular weight excluding hydrogens is 279 g/mol. The van der Waals surface area contributed by atoms with Crippen molar-refractivity contribution in [3.8, 4) is 0 Å². The zero-order valence-electron chi connectivity index (χ0n) is 11.6. The monoisotopic (exact) mass is 296 g/mol. The van der Waals surface area contributed by atoms with Gasteiger partial charge in [0.1, 0.15) is 5.82 Å². The fourth-order valence-corrected chi connectivity index (χ4v) is 2.15. The van der Waals surface area contributed by atoms with Crippen LogP contribution in [0, 0.1) is 5.82 Å². The summed E-state index contributed by atoms with van der Waals surface area (Å²) in [4.78, 5) is 22.8. The third-order valence-corrected chi connectivity index (χ3v) is 3.47. The van der Waals surface area contributed by atoms with E-state index in [-0.39, 0.29) is 11.2 Å². The molecule has 6 nitrogen and oxygen atoms in total. The van der Waals surface area contributed by atoms with E-state index in [1.54, 1.807) is 0 Å². The first-order valence-corrected chi connectivity index (χ1v) is 6.59. The van der Waals surface area contributed by atoms with Crippen molar-refractivity contribution >= 4 is 17.7 Å². The summed E-state index contributed by atoms with van der Waals surface area (Å²) >= 11 is 0. The van der Waals surface area contributed by atoms with Crippen LogP contribution in [0.5, 0.6) is 0 Å². The third-order valence-electron chi connectivity index (χ3n) is 3.47. The van der Waals surface area contributed by atoms with Crippen molar-refractivity contribution in [1.82, 2.24) is 5.32 Å². The molecular formula is C14H17FN2O4. The van der Waals surface area contributed by atoms with E-state index < -0.39 is 23.4 Å². The molecule has 0 spiro atoms. The maximum Gasteiger partial charge on any atom is 0.338 e. The molecule has 0 unspecified atom stereocenters. The van der Waals surface area contributed by atoms with Crippen molar-refractivity contribution in [3.05, 3.63) is 29.6 Å². The highest BCUT2D eigenvalue weighted by atomic mass is 19.1. The molecule has 1 aliphatic heterocycles. The standard InChI is InChI=1S/C14H17FN2O4/c1-14(4-6-21-7-5-14)17-13(20)16-9-2-3-11(15)10(8-9)12(18)19/h2-3,8H,4-7H2,1H3,(H,18,19)(H2,16,17,20). The van der Waals surface area contributed by atoms with Gasteiger partial charge < -0.3 is 20.5 Å². The Morgan fingerprint density at radius 3 is 2.62 bits per heavy atom. The van der Waals surface area contributed by atoms with Gasteiger partial charge in [0, 0.05) is 24.4 Å². The predicted octanol–water partition coefficient (Wildman–Crippen LogP) is 2.21. The van der Waals surface area contributed by atoms with Crippen LogP contribution in [0.15, 0.2) is 18.2 Å². The Hall–Kier alpha value is -2.15. The molecule has 0 radical (unpaired) electrons.